The van der Waals surface area contributed by atoms with E-state index in [1.165, 1.54) is 6.92 Å². The number of carbonyl (C=O) groups excluding carboxylic acids is 4. The first-order chi connectivity index (χ1) is 19.2. The Morgan fingerprint density at radius 2 is 1.32 bits per heavy atom. The fourth-order valence-electron chi connectivity index (χ4n) is 3.51. The van der Waals surface area contributed by atoms with Crippen LogP contribution >= 0.6 is 0 Å². The zero-order chi connectivity index (χ0) is 31.5. The molecule has 0 rings (SSSR count). The molecule has 18 nitrogen and oxygen atoms in total. The molecule has 0 aliphatic rings. The highest BCUT2D eigenvalue weighted by molar-refractivity contribution is 5.95. The van der Waals surface area contributed by atoms with Crippen LogP contribution < -0.4 is 44.2 Å². The fraction of sp³-hybridized carbons (Fsp3) is 0.696. The summed E-state index contributed by atoms with van der Waals surface area (Å²) >= 11 is 0. The summed E-state index contributed by atoms with van der Waals surface area (Å²) in [6.45, 7) is 1.23. The van der Waals surface area contributed by atoms with Gasteiger partial charge in [0.1, 0.15) is 24.2 Å². The van der Waals surface area contributed by atoms with Crippen molar-refractivity contribution in [1.82, 2.24) is 21.3 Å². The van der Waals surface area contributed by atoms with E-state index in [1.54, 1.807) is 0 Å². The molecule has 0 radical (unpaired) electrons. The predicted octanol–water partition coefficient (Wildman–Crippen LogP) is -4.60. The molecule has 0 bridgehead atoms. The molecule has 0 unspecified atom stereocenters. The number of nitrogens with one attached hydrogen (secondary N) is 4. The second-order valence-corrected chi connectivity index (χ2v) is 9.18. The number of aliphatic hydroxyl groups is 1. The molecule has 0 aromatic carbocycles. The van der Waals surface area contributed by atoms with Crippen LogP contribution in [0.2, 0.25) is 0 Å². The maximum atomic E-state index is 13.1. The van der Waals surface area contributed by atoms with Crippen molar-refractivity contribution in [2.75, 3.05) is 19.6 Å². The number of hydrogen-bond acceptors (Lipinski definition) is 10. The molecular formula is C23H43N9O9. The summed E-state index contributed by atoms with van der Waals surface area (Å²) in [7, 11) is 0. The van der Waals surface area contributed by atoms with E-state index in [2.05, 4.69) is 26.3 Å². The summed E-state index contributed by atoms with van der Waals surface area (Å²) < 4.78 is 0. The number of amides is 4. The SMILES string of the molecule is C[C@@H](O)[C@H](NC(=O)[C@H](CCCN=C(N)N)NC(=O)CN)C(=O)N[C@@H](CCCCN)C(=O)N[C@@H](CCC(=O)O)C(=O)O. The summed E-state index contributed by atoms with van der Waals surface area (Å²) in [5, 5.41) is 37.8. The molecule has 0 fully saturated rings. The van der Waals surface area contributed by atoms with Gasteiger partial charge in [-0.05, 0) is 52.0 Å². The van der Waals surface area contributed by atoms with Crippen LogP contribution in [0, 0.1) is 0 Å². The van der Waals surface area contributed by atoms with Gasteiger partial charge in [-0.25, -0.2) is 4.79 Å². The number of aliphatic imine (C=N–C) groups is 1. The van der Waals surface area contributed by atoms with Gasteiger partial charge in [0.25, 0.3) is 0 Å². The van der Waals surface area contributed by atoms with E-state index >= 15 is 0 Å². The average Bonchev–Trinajstić information content (AvgIpc) is 2.89. The van der Waals surface area contributed by atoms with Crippen molar-refractivity contribution in [2.45, 2.75) is 82.1 Å². The van der Waals surface area contributed by atoms with E-state index in [1.807, 2.05) is 0 Å². The van der Waals surface area contributed by atoms with E-state index < -0.39 is 85.2 Å². The third-order valence-electron chi connectivity index (χ3n) is 5.69. The highest BCUT2D eigenvalue weighted by Crippen LogP contribution is 2.07. The van der Waals surface area contributed by atoms with Gasteiger partial charge in [-0.15, -0.1) is 0 Å². The van der Waals surface area contributed by atoms with Gasteiger partial charge in [0.15, 0.2) is 5.96 Å². The van der Waals surface area contributed by atoms with Gasteiger partial charge in [0, 0.05) is 13.0 Å². The minimum atomic E-state index is -1.58. The summed E-state index contributed by atoms with van der Waals surface area (Å²) in [6, 6.07) is -5.58. The van der Waals surface area contributed by atoms with E-state index in [9.17, 15) is 39.0 Å². The Labute approximate surface area is 237 Å². The predicted molar refractivity (Wildman–Crippen MR) is 146 cm³/mol. The quantitative estimate of drug-likeness (QED) is 0.0341. The van der Waals surface area contributed by atoms with Gasteiger partial charge in [-0.2, -0.15) is 0 Å². The molecule has 0 saturated carbocycles. The monoisotopic (exact) mass is 589 g/mol. The van der Waals surface area contributed by atoms with E-state index in [0.29, 0.717) is 12.8 Å². The van der Waals surface area contributed by atoms with Gasteiger partial charge in [-0.1, -0.05) is 0 Å². The number of rotatable bonds is 21. The summed E-state index contributed by atoms with van der Waals surface area (Å²) in [5.41, 5.74) is 21.4. The first-order valence-corrected chi connectivity index (χ1v) is 13.0. The summed E-state index contributed by atoms with van der Waals surface area (Å²) in [4.78, 5) is 77.0. The molecule has 0 spiro atoms. The molecule has 0 aliphatic heterocycles. The average molecular weight is 590 g/mol. The number of aliphatic carboxylic acids is 2. The zero-order valence-electron chi connectivity index (χ0n) is 23.0. The molecule has 234 valence electrons. The number of carboxylic acids is 2. The van der Waals surface area contributed by atoms with Crippen molar-refractivity contribution in [3.05, 3.63) is 0 Å². The number of guanidine groups is 1. The Morgan fingerprint density at radius 3 is 1.83 bits per heavy atom. The molecule has 0 heterocycles. The fourth-order valence-corrected chi connectivity index (χ4v) is 3.51. The smallest absolute Gasteiger partial charge is 0.326 e. The minimum Gasteiger partial charge on any atom is -0.481 e. The maximum Gasteiger partial charge on any atom is 0.326 e. The highest BCUT2D eigenvalue weighted by atomic mass is 16.4. The van der Waals surface area contributed by atoms with E-state index in [0.717, 1.165) is 0 Å². The van der Waals surface area contributed by atoms with Crippen molar-refractivity contribution in [3.63, 3.8) is 0 Å². The summed E-state index contributed by atoms with van der Waals surface area (Å²) in [6.07, 6.45) is -1.20. The molecular weight excluding hydrogens is 546 g/mol. The van der Waals surface area contributed by atoms with Gasteiger partial charge < -0.3 is 59.5 Å². The lowest BCUT2D eigenvalue weighted by molar-refractivity contribution is -0.143. The van der Waals surface area contributed by atoms with Crippen LogP contribution in [-0.4, -0.2) is 107 Å². The molecule has 5 atom stereocenters. The van der Waals surface area contributed by atoms with Crippen molar-refractivity contribution >= 4 is 41.5 Å². The van der Waals surface area contributed by atoms with Gasteiger partial charge in [0.2, 0.25) is 23.6 Å². The van der Waals surface area contributed by atoms with Crippen molar-refractivity contribution in [3.8, 4) is 0 Å². The normalized spacial score (nSPS) is 14.3. The van der Waals surface area contributed by atoms with Crippen LogP contribution in [0.3, 0.4) is 0 Å². The molecule has 4 amide bonds. The van der Waals surface area contributed by atoms with Crippen LogP contribution in [0.25, 0.3) is 0 Å². The van der Waals surface area contributed by atoms with Crippen LogP contribution in [-0.2, 0) is 28.8 Å². The number of carbonyl (C=O) groups is 6. The van der Waals surface area contributed by atoms with Crippen LogP contribution in [0.4, 0.5) is 0 Å². The Bertz CT molecular complexity index is 926. The largest absolute Gasteiger partial charge is 0.481 e. The lowest BCUT2D eigenvalue weighted by Gasteiger charge is -2.27. The molecule has 41 heavy (non-hydrogen) atoms. The third kappa shape index (κ3) is 16.0. The van der Waals surface area contributed by atoms with Gasteiger partial charge >= 0.3 is 11.9 Å². The Balaban J connectivity index is 5.71. The number of hydrogen-bond donors (Lipinski definition) is 11. The molecule has 0 saturated heterocycles. The lowest BCUT2D eigenvalue weighted by Crippen LogP contribution is -2.60. The van der Waals surface area contributed by atoms with Crippen LogP contribution in [0.5, 0.6) is 0 Å². The Kier molecular flexibility index (Phi) is 18.0. The van der Waals surface area contributed by atoms with Gasteiger partial charge in [0.05, 0.1) is 12.6 Å². The second-order valence-electron chi connectivity index (χ2n) is 9.18. The van der Waals surface area contributed by atoms with Crippen LogP contribution in [0.1, 0.15) is 51.9 Å². The molecule has 0 aromatic rings. The molecule has 0 aliphatic carbocycles. The third-order valence-corrected chi connectivity index (χ3v) is 5.69. The Morgan fingerprint density at radius 1 is 0.756 bits per heavy atom. The maximum absolute atomic E-state index is 13.1. The number of unbranched alkanes of at least 4 members (excludes halogenated alkanes) is 1. The standard InChI is InChI=1S/C23H43N9O9/c1-12(33)18(32-20(38)13(29-16(34)11-25)6-4-10-28-23(26)27)21(39)30-14(5-2-3-9-24)19(37)31-15(22(40)41)7-8-17(35)36/h12-15,18,33H,2-11,24-25H2,1H3,(H,29,34)(H,30,39)(H,31,37)(H,32,38)(H,35,36)(H,40,41)(H4,26,27,28)/t12-,13+,14+,15+,18+/m1/s1. The zero-order valence-corrected chi connectivity index (χ0v) is 23.0. The number of aliphatic hydroxyl groups excluding tert-OH is 1. The van der Waals surface area contributed by atoms with Crippen molar-refractivity contribution in [2.24, 2.45) is 27.9 Å². The Hall–Kier alpha value is -4.03. The van der Waals surface area contributed by atoms with E-state index in [4.69, 9.17) is 28.0 Å². The van der Waals surface area contributed by atoms with Gasteiger partial charge in [-0.3, -0.25) is 29.0 Å². The molecule has 0 aromatic heterocycles. The lowest BCUT2D eigenvalue weighted by atomic mass is 10.0. The van der Waals surface area contributed by atoms with Crippen LogP contribution in [0.15, 0.2) is 4.99 Å². The second kappa shape index (κ2) is 19.9. The first kappa shape index (κ1) is 37.0. The van der Waals surface area contributed by atoms with Crippen molar-refractivity contribution in [1.29, 1.82) is 0 Å². The number of carboxylic acid groups (broad SMARTS) is 2. The van der Waals surface area contributed by atoms with E-state index in [-0.39, 0.29) is 38.3 Å². The summed E-state index contributed by atoms with van der Waals surface area (Å²) in [5.74, 6) is -6.25. The number of nitrogens with two attached hydrogens (primary N) is 4. The topological polar surface area (TPSA) is 328 Å². The minimum absolute atomic E-state index is 0.0283. The highest BCUT2D eigenvalue weighted by Gasteiger charge is 2.33. The number of nitrogens with zero attached hydrogens (tertiary/aromatic N) is 1. The first-order valence-electron chi connectivity index (χ1n) is 13.0. The van der Waals surface area contributed by atoms with Crippen molar-refractivity contribution < 1.29 is 44.1 Å². The molecule has 18 heteroatoms. The molecule has 15 N–H and O–H groups in total.